The van der Waals surface area contributed by atoms with E-state index >= 15 is 0 Å². The summed E-state index contributed by atoms with van der Waals surface area (Å²) in [4.78, 5) is 10.5. The molecule has 0 aliphatic heterocycles. The first-order valence-electron chi connectivity index (χ1n) is 4.07. The third-order valence-corrected chi connectivity index (χ3v) is 2.73. The molecular weight excluding hydrogens is 355 g/mol. The third-order valence-electron chi connectivity index (χ3n) is 2.73. The summed E-state index contributed by atoms with van der Waals surface area (Å²) in [7, 11) is 0. The summed E-state index contributed by atoms with van der Waals surface area (Å²) in [6, 6.07) is 0. The van der Waals surface area contributed by atoms with E-state index in [1.54, 1.807) is 0 Å². The molecule has 0 aromatic carbocycles. The van der Waals surface area contributed by atoms with Crippen LogP contribution in [0.15, 0.2) is 22.3 Å². The fourth-order valence-electron chi connectivity index (χ4n) is 1.53. The van der Waals surface area contributed by atoms with Crippen molar-refractivity contribution in [1.29, 1.82) is 0 Å². The van der Waals surface area contributed by atoms with Crippen molar-refractivity contribution < 1.29 is 15.9 Å². The molecule has 0 N–H and O–H groups in total. The van der Waals surface area contributed by atoms with Crippen molar-refractivity contribution in [3.05, 3.63) is 22.3 Å². The Bertz CT molecular complexity index is 258. The van der Waals surface area contributed by atoms with Crippen LogP contribution in [0.5, 0.6) is 0 Å². The average molecular weight is 368 g/mol. The normalized spacial score (nSPS) is 17.3. The Labute approximate surface area is 106 Å². The van der Waals surface area contributed by atoms with Crippen LogP contribution in [0.4, 0.5) is 0 Å². The first-order chi connectivity index (χ1) is 6.51. The van der Waals surface area contributed by atoms with Gasteiger partial charge in [-0.1, -0.05) is 28.2 Å². The van der Waals surface area contributed by atoms with Crippen molar-refractivity contribution in [2.75, 3.05) is 0 Å². The molecule has 0 atom stereocenters. The fraction of sp³-hybridized carbons (Fsp3) is 0.500. The Morgan fingerprint density at radius 1 is 1.07 bits per heavy atom. The van der Waals surface area contributed by atoms with Crippen LogP contribution in [0, 0.1) is 5.92 Å². The summed E-state index contributed by atoms with van der Waals surface area (Å²) in [6.45, 7) is 8.13. The van der Waals surface area contributed by atoms with Gasteiger partial charge in [0.25, 0.3) is 0 Å². The van der Waals surface area contributed by atoms with Crippen LogP contribution < -0.4 is 0 Å². The molecular formula is C10H13Br2CoO. The first-order valence-corrected chi connectivity index (χ1v) is 9.22. The van der Waals surface area contributed by atoms with Crippen molar-refractivity contribution in [2.45, 2.75) is 27.7 Å². The third kappa shape index (κ3) is 3.33. The molecule has 0 spiro atoms. The zero-order valence-corrected chi connectivity index (χ0v) is 12.8. The number of hydrogen-bond acceptors (Lipinski definition) is 1. The molecule has 4 heteroatoms. The van der Waals surface area contributed by atoms with Crippen molar-refractivity contribution in [1.82, 2.24) is 0 Å². The van der Waals surface area contributed by atoms with E-state index in [9.17, 15) is 4.79 Å². The predicted octanol–water partition coefficient (Wildman–Crippen LogP) is 4.09. The van der Waals surface area contributed by atoms with Gasteiger partial charge in [0.15, 0.2) is 0 Å². The molecule has 0 heterocycles. The summed E-state index contributed by atoms with van der Waals surface area (Å²) in [6.07, 6.45) is 2.06. The molecule has 82 valence electrons. The molecule has 0 aromatic heterocycles. The van der Waals surface area contributed by atoms with E-state index in [0.717, 1.165) is 22.3 Å². The van der Waals surface area contributed by atoms with E-state index in [0.29, 0.717) is 0 Å². The standard InChI is InChI=1S/C10H13O.2BrH.Co/c1-6-7(2)9(4)10(5-11)8(6)3;;;/h10H,1-4H3;2*1H;/q-1;;;+3/p-2. The predicted molar refractivity (Wildman–Crippen MR) is 63.8 cm³/mol. The number of carbonyl (C=O) groups excluding carboxylic acids is 1. The molecule has 0 unspecified atom stereocenters. The Balaban J connectivity index is 0.000000500. The molecule has 1 aliphatic carbocycles. The number of allylic oxidation sites excluding steroid dienone is 4. The summed E-state index contributed by atoms with van der Waals surface area (Å²) in [5.41, 5.74) is 4.84. The van der Waals surface area contributed by atoms with Crippen molar-refractivity contribution >= 4 is 34.6 Å². The molecule has 0 bridgehead atoms. The minimum absolute atomic E-state index is 0.0602. The van der Waals surface area contributed by atoms with Gasteiger partial charge < -0.3 is 4.79 Å². The second-order valence-electron chi connectivity index (χ2n) is 3.21. The second-order valence-corrected chi connectivity index (χ2v) is 8.47. The van der Waals surface area contributed by atoms with Gasteiger partial charge in [-0.3, -0.25) is 6.29 Å². The van der Waals surface area contributed by atoms with Gasteiger partial charge in [-0.25, -0.2) is 0 Å². The average Bonchev–Trinajstić information content (AvgIpc) is 2.33. The van der Waals surface area contributed by atoms with Crippen molar-refractivity contribution in [2.24, 2.45) is 5.92 Å². The first kappa shape index (κ1) is 14.6. The molecule has 1 rings (SSSR count). The summed E-state index contributed by atoms with van der Waals surface area (Å²) in [5, 5.41) is 0. The second kappa shape index (κ2) is 6.98. The molecule has 1 aliphatic rings. The van der Waals surface area contributed by atoms with Crippen molar-refractivity contribution in [3.63, 3.8) is 0 Å². The van der Waals surface area contributed by atoms with Crippen LogP contribution in [0.2, 0.25) is 0 Å². The zero-order valence-electron chi connectivity index (χ0n) is 8.57. The van der Waals surface area contributed by atoms with Gasteiger partial charge in [0.05, 0.1) is 0 Å². The van der Waals surface area contributed by atoms with Gasteiger partial charge in [0, 0.05) is 0 Å². The molecule has 0 radical (unpaired) electrons. The molecule has 1 nitrogen and oxygen atoms in total. The van der Waals surface area contributed by atoms with E-state index in [-0.39, 0.29) is 5.92 Å². The molecule has 0 fully saturated rings. The fourth-order valence-corrected chi connectivity index (χ4v) is 1.53. The van der Waals surface area contributed by atoms with Gasteiger partial charge in [-0.2, -0.15) is 0 Å². The van der Waals surface area contributed by atoms with Crippen LogP contribution in [0.25, 0.3) is 0 Å². The molecule has 0 saturated heterocycles. The monoisotopic (exact) mass is 366 g/mol. The van der Waals surface area contributed by atoms with Crippen molar-refractivity contribution in [3.8, 4) is 0 Å². The Morgan fingerprint density at radius 3 is 1.50 bits per heavy atom. The van der Waals surface area contributed by atoms with E-state index in [4.69, 9.17) is 0 Å². The summed E-state index contributed by atoms with van der Waals surface area (Å²) >= 11 is 7.12. The van der Waals surface area contributed by atoms with Crippen LogP contribution in [-0.4, -0.2) is 6.29 Å². The molecule has 14 heavy (non-hydrogen) atoms. The van der Waals surface area contributed by atoms with Crippen LogP contribution >= 0.6 is 28.3 Å². The number of halogens is 2. The maximum atomic E-state index is 10.5. The van der Waals surface area contributed by atoms with Crippen LogP contribution in [-0.2, 0) is 15.9 Å². The van der Waals surface area contributed by atoms with Crippen LogP contribution in [0.1, 0.15) is 27.7 Å². The van der Waals surface area contributed by atoms with Gasteiger partial charge >= 0.3 is 39.5 Å². The van der Waals surface area contributed by atoms with Gasteiger partial charge in [-0.05, 0) is 27.7 Å². The minimum atomic E-state index is -0.0602. The van der Waals surface area contributed by atoms with E-state index in [2.05, 4.69) is 48.5 Å². The zero-order chi connectivity index (χ0) is 11.3. The summed E-state index contributed by atoms with van der Waals surface area (Å²) in [5.74, 6) is -0.0602. The van der Waals surface area contributed by atoms with Gasteiger partial charge in [0.2, 0.25) is 0 Å². The molecule has 0 amide bonds. The van der Waals surface area contributed by atoms with Crippen LogP contribution in [0.3, 0.4) is 0 Å². The summed E-state index contributed by atoms with van der Waals surface area (Å²) < 4.78 is 0. The quantitative estimate of drug-likeness (QED) is 0.638. The maximum absolute atomic E-state index is 10.5. The number of hydrogen-bond donors (Lipinski definition) is 0. The van der Waals surface area contributed by atoms with E-state index in [1.165, 1.54) is 11.1 Å². The number of rotatable bonds is 1. The Morgan fingerprint density at radius 2 is 1.36 bits per heavy atom. The Hall–Kier alpha value is 0.616. The SMILES string of the molecule is CC1=C(C)C([C-]=O)C(C)=C1C.[Br][Co+][Br]. The van der Waals surface area contributed by atoms with Gasteiger partial charge in [-0.15, -0.1) is 0 Å². The molecule has 0 saturated carbocycles. The van der Waals surface area contributed by atoms with Gasteiger partial charge in [0.1, 0.15) is 0 Å². The topological polar surface area (TPSA) is 17.1 Å². The van der Waals surface area contributed by atoms with E-state index in [1.807, 2.05) is 13.8 Å². The Kier molecular flexibility index (Phi) is 7.29. The van der Waals surface area contributed by atoms with E-state index < -0.39 is 0 Å². The molecule has 0 aromatic rings.